The molecule has 0 unspecified atom stereocenters. The molecular formula is C13H17NO3. The maximum Gasteiger partial charge on any atom is 0.335 e. The number of primary amides is 1. The van der Waals surface area contributed by atoms with Gasteiger partial charge in [0.05, 0.1) is 5.56 Å². The molecule has 0 aliphatic rings. The van der Waals surface area contributed by atoms with Crippen molar-refractivity contribution in [1.29, 1.82) is 0 Å². The highest BCUT2D eigenvalue weighted by Gasteiger charge is 2.24. The Morgan fingerprint density at radius 1 is 1.24 bits per heavy atom. The van der Waals surface area contributed by atoms with Crippen LogP contribution in [0.3, 0.4) is 0 Å². The molecule has 0 saturated carbocycles. The Bertz CT molecular complexity index is 484. The van der Waals surface area contributed by atoms with Crippen molar-refractivity contribution in [3.8, 4) is 0 Å². The van der Waals surface area contributed by atoms with Gasteiger partial charge in [0, 0.05) is 5.56 Å². The standard InChI is InChI=1S/C13H17NO3/c1-7-5-8(12(16)17)6-9(13(2,3)4)10(7)11(14)15/h5-6H,1-4H3,(H2,14,15)(H,16,17). The fourth-order valence-corrected chi connectivity index (χ4v) is 1.83. The molecule has 17 heavy (non-hydrogen) atoms. The molecule has 4 heteroatoms. The number of nitrogens with two attached hydrogens (primary N) is 1. The van der Waals surface area contributed by atoms with Gasteiger partial charge in [0.15, 0.2) is 0 Å². The molecule has 0 heterocycles. The number of carboxylic acid groups (broad SMARTS) is 1. The lowest BCUT2D eigenvalue weighted by Crippen LogP contribution is -2.23. The number of benzene rings is 1. The first-order valence-corrected chi connectivity index (χ1v) is 5.33. The van der Waals surface area contributed by atoms with Crippen LogP contribution in [0.4, 0.5) is 0 Å². The number of rotatable bonds is 2. The van der Waals surface area contributed by atoms with Crippen molar-refractivity contribution >= 4 is 11.9 Å². The van der Waals surface area contributed by atoms with Gasteiger partial charge in [-0.3, -0.25) is 4.79 Å². The summed E-state index contributed by atoms with van der Waals surface area (Å²) in [4.78, 5) is 22.4. The van der Waals surface area contributed by atoms with E-state index in [4.69, 9.17) is 10.8 Å². The van der Waals surface area contributed by atoms with Gasteiger partial charge in [-0.25, -0.2) is 4.79 Å². The molecule has 0 bridgehead atoms. The molecule has 0 atom stereocenters. The van der Waals surface area contributed by atoms with Gasteiger partial charge >= 0.3 is 5.97 Å². The predicted octanol–water partition coefficient (Wildman–Crippen LogP) is 2.09. The summed E-state index contributed by atoms with van der Waals surface area (Å²) in [6, 6.07) is 2.99. The first-order valence-electron chi connectivity index (χ1n) is 5.33. The second-order valence-corrected chi connectivity index (χ2v) is 5.14. The average Bonchev–Trinajstić information content (AvgIpc) is 2.14. The Hall–Kier alpha value is -1.84. The lowest BCUT2D eigenvalue weighted by molar-refractivity contribution is 0.0696. The van der Waals surface area contributed by atoms with E-state index in [1.165, 1.54) is 12.1 Å². The third-order valence-corrected chi connectivity index (χ3v) is 2.64. The molecule has 4 nitrogen and oxygen atoms in total. The molecule has 1 aromatic rings. The van der Waals surface area contributed by atoms with Crippen molar-refractivity contribution in [2.75, 3.05) is 0 Å². The second kappa shape index (κ2) is 4.20. The molecule has 0 saturated heterocycles. The highest BCUT2D eigenvalue weighted by molar-refractivity contribution is 5.98. The van der Waals surface area contributed by atoms with Crippen LogP contribution in [-0.2, 0) is 5.41 Å². The van der Waals surface area contributed by atoms with E-state index in [9.17, 15) is 9.59 Å². The Kier molecular flexibility index (Phi) is 3.27. The first kappa shape index (κ1) is 13.2. The van der Waals surface area contributed by atoms with Crippen LogP contribution in [0, 0.1) is 6.92 Å². The molecule has 0 fully saturated rings. The van der Waals surface area contributed by atoms with E-state index in [0.29, 0.717) is 16.7 Å². The summed E-state index contributed by atoms with van der Waals surface area (Å²) in [6.45, 7) is 7.45. The molecule has 1 aromatic carbocycles. The summed E-state index contributed by atoms with van der Waals surface area (Å²) in [5, 5.41) is 9.01. The molecule has 0 aliphatic heterocycles. The number of carboxylic acids is 1. The van der Waals surface area contributed by atoms with Crippen molar-refractivity contribution in [3.63, 3.8) is 0 Å². The number of carbonyl (C=O) groups excluding carboxylic acids is 1. The number of aromatic carboxylic acids is 1. The van der Waals surface area contributed by atoms with E-state index in [-0.39, 0.29) is 11.0 Å². The fourth-order valence-electron chi connectivity index (χ4n) is 1.83. The number of hydrogen-bond acceptors (Lipinski definition) is 2. The third-order valence-electron chi connectivity index (χ3n) is 2.64. The summed E-state index contributed by atoms with van der Waals surface area (Å²) >= 11 is 0. The largest absolute Gasteiger partial charge is 0.478 e. The van der Waals surface area contributed by atoms with Crippen LogP contribution in [0.5, 0.6) is 0 Å². The van der Waals surface area contributed by atoms with Crippen molar-refractivity contribution < 1.29 is 14.7 Å². The van der Waals surface area contributed by atoms with E-state index in [2.05, 4.69) is 0 Å². The summed E-state index contributed by atoms with van der Waals surface area (Å²) in [5.41, 5.74) is 6.88. The van der Waals surface area contributed by atoms with Crippen LogP contribution in [-0.4, -0.2) is 17.0 Å². The first-order chi connectivity index (χ1) is 7.64. The molecule has 1 amide bonds. The van der Waals surface area contributed by atoms with E-state index in [1.807, 2.05) is 20.8 Å². The van der Waals surface area contributed by atoms with Crippen LogP contribution in [0.1, 0.15) is 52.6 Å². The molecule has 0 aromatic heterocycles. The Morgan fingerprint density at radius 2 is 1.76 bits per heavy atom. The van der Waals surface area contributed by atoms with Gasteiger partial charge in [0.1, 0.15) is 0 Å². The van der Waals surface area contributed by atoms with E-state index < -0.39 is 11.9 Å². The van der Waals surface area contributed by atoms with Crippen molar-refractivity contribution in [3.05, 3.63) is 34.4 Å². The van der Waals surface area contributed by atoms with Crippen molar-refractivity contribution in [2.45, 2.75) is 33.1 Å². The molecule has 3 N–H and O–H groups in total. The summed E-state index contributed by atoms with van der Waals surface area (Å²) in [6.07, 6.45) is 0. The predicted molar refractivity (Wildman–Crippen MR) is 65.4 cm³/mol. The smallest absolute Gasteiger partial charge is 0.335 e. The minimum absolute atomic E-state index is 0.178. The number of aryl methyl sites for hydroxylation is 1. The van der Waals surface area contributed by atoms with Crippen LogP contribution < -0.4 is 5.73 Å². The van der Waals surface area contributed by atoms with E-state index >= 15 is 0 Å². The van der Waals surface area contributed by atoms with Crippen LogP contribution in [0.15, 0.2) is 12.1 Å². The van der Waals surface area contributed by atoms with Gasteiger partial charge in [0.2, 0.25) is 5.91 Å². The van der Waals surface area contributed by atoms with Gasteiger partial charge in [0.25, 0.3) is 0 Å². The molecule has 92 valence electrons. The maximum atomic E-state index is 11.4. The number of hydrogen-bond donors (Lipinski definition) is 2. The Labute approximate surface area is 100 Å². The van der Waals surface area contributed by atoms with Crippen LogP contribution in [0.25, 0.3) is 0 Å². The topological polar surface area (TPSA) is 80.4 Å². The minimum Gasteiger partial charge on any atom is -0.478 e. The molecular weight excluding hydrogens is 218 g/mol. The lowest BCUT2D eigenvalue weighted by atomic mass is 9.81. The van der Waals surface area contributed by atoms with Crippen molar-refractivity contribution in [2.24, 2.45) is 5.73 Å². The quantitative estimate of drug-likeness (QED) is 0.823. The van der Waals surface area contributed by atoms with Crippen molar-refractivity contribution in [1.82, 2.24) is 0 Å². The molecule has 1 rings (SSSR count). The molecule has 0 spiro atoms. The Morgan fingerprint density at radius 3 is 2.12 bits per heavy atom. The van der Waals surface area contributed by atoms with Crippen LogP contribution >= 0.6 is 0 Å². The summed E-state index contributed by atoms with van der Waals surface area (Å²) in [7, 11) is 0. The number of carbonyl (C=O) groups is 2. The molecule has 0 aliphatic carbocycles. The lowest BCUT2D eigenvalue weighted by Gasteiger charge is -2.23. The maximum absolute atomic E-state index is 11.4. The van der Waals surface area contributed by atoms with Gasteiger partial charge in [-0.2, -0.15) is 0 Å². The van der Waals surface area contributed by atoms with Gasteiger partial charge in [-0.15, -0.1) is 0 Å². The normalized spacial score (nSPS) is 11.3. The highest BCUT2D eigenvalue weighted by atomic mass is 16.4. The van der Waals surface area contributed by atoms with Gasteiger partial charge in [-0.1, -0.05) is 20.8 Å². The van der Waals surface area contributed by atoms with Gasteiger partial charge in [-0.05, 0) is 35.6 Å². The monoisotopic (exact) mass is 235 g/mol. The SMILES string of the molecule is Cc1cc(C(=O)O)cc(C(C)(C)C)c1C(N)=O. The van der Waals surface area contributed by atoms with E-state index in [1.54, 1.807) is 6.92 Å². The zero-order valence-electron chi connectivity index (χ0n) is 10.5. The number of amides is 1. The zero-order valence-corrected chi connectivity index (χ0v) is 10.5. The highest BCUT2D eigenvalue weighted by Crippen LogP contribution is 2.29. The minimum atomic E-state index is -1.00. The van der Waals surface area contributed by atoms with E-state index in [0.717, 1.165) is 0 Å². The zero-order chi connectivity index (χ0) is 13.4. The Balaban J connectivity index is 3.62. The fraction of sp³-hybridized carbons (Fsp3) is 0.385. The second-order valence-electron chi connectivity index (χ2n) is 5.14. The molecule has 0 radical (unpaired) electrons. The summed E-state index contributed by atoms with van der Waals surface area (Å²) < 4.78 is 0. The summed E-state index contributed by atoms with van der Waals surface area (Å²) in [5.74, 6) is -1.53. The van der Waals surface area contributed by atoms with Gasteiger partial charge < -0.3 is 10.8 Å². The van der Waals surface area contributed by atoms with Crippen LogP contribution in [0.2, 0.25) is 0 Å². The third kappa shape index (κ3) is 2.64. The average molecular weight is 235 g/mol.